The van der Waals surface area contributed by atoms with Crippen LogP contribution in [0.4, 0.5) is 0 Å². The Bertz CT molecular complexity index is 572. The zero-order chi connectivity index (χ0) is 11.9. The number of carboxylic acids is 1. The summed E-state index contributed by atoms with van der Waals surface area (Å²) in [7, 11) is 0. The van der Waals surface area contributed by atoms with Crippen molar-refractivity contribution >= 4 is 28.5 Å². The molecule has 1 N–H and O–H groups in total. The first kappa shape index (κ1) is 11.0. The summed E-state index contributed by atoms with van der Waals surface area (Å²) >= 11 is 5.95. The van der Waals surface area contributed by atoms with Crippen molar-refractivity contribution in [1.82, 2.24) is 4.57 Å². The summed E-state index contributed by atoms with van der Waals surface area (Å²) in [5, 5.41) is 10.6. The SMILES string of the molecule is CCn1c(C(=O)O)cc2cc(Cl)cc(C)c21. The molecule has 16 heavy (non-hydrogen) atoms. The second-order valence-corrected chi connectivity index (χ2v) is 4.18. The fraction of sp³-hybridized carbons (Fsp3) is 0.250. The average Bonchev–Trinajstić information content (AvgIpc) is 2.56. The number of aryl methyl sites for hydroxylation is 2. The molecule has 0 aliphatic rings. The van der Waals surface area contributed by atoms with Crippen molar-refractivity contribution in [2.75, 3.05) is 0 Å². The molecule has 2 rings (SSSR count). The number of fused-ring (bicyclic) bond motifs is 1. The normalized spacial score (nSPS) is 10.9. The third-order valence-corrected chi connectivity index (χ3v) is 2.90. The summed E-state index contributed by atoms with van der Waals surface area (Å²) in [6, 6.07) is 5.31. The van der Waals surface area contributed by atoms with Crippen molar-refractivity contribution in [1.29, 1.82) is 0 Å². The van der Waals surface area contributed by atoms with Crippen LogP contribution in [-0.2, 0) is 6.54 Å². The van der Waals surface area contributed by atoms with E-state index in [0.717, 1.165) is 16.5 Å². The number of aromatic carboxylic acids is 1. The van der Waals surface area contributed by atoms with E-state index < -0.39 is 5.97 Å². The molecular formula is C12H12ClNO2. The zero-order valence-corrected chi connectivity index (χ0v) is 9.88. The third kappa shape index (κ3) is 1.57. The molecule has 1 heterocycles. The van der Waals surface area contributed by atoms with Crippen LogP contribution < -0.4 is 0 Å². The maximum atomic E-state index is 11.1. The number of carboxylic acid groups (broad SMARTS) is 1. The van der Waals surface area contributed by atoms with E-state index in [0.29, 0.717) is 17.3 Å². The van der Waals surface area contributed by atoms with E-state index in [-0.39, 0.29) is 0 Å². The summed E-state index contributed by atoms with van der Waals surface area (Å²) in [5.74, 6) is -0.909. The standard InChI is InChI=1S/C12H12ClNO2/c1-3-14-10(12(15)16)6-8-5-9(13)4-7(2)11(8)14/h4-6H,3H2,1-2H3,(H,15,16). The van der Waals surface area contributed by atoms with Crippen molar-refractivity contribution in [2.45, 2.75) is 20.4 Å². The number of benzene rings is 1. The first-order valence-electron chi connectivity index (χ1n) is 5.07. The highest BCUT2D eigenvalue weighted by Gasteiger charge is 2.15. The monoisotopic (exact) mass is 237 g/mol. The molecule has 0 aliphatic heterocycles. The molecule has 2 aromatic rings. The van der Waals surface area contributed by atoms with Gasteiger partial charge in [-0.15, -0.1) is 0 Å². The molecule has 0 amide bonds. The van der Waals surface area contributed by atoms with Crippen LogP contribution in [0.5, 0.6) is 0 Å². The van der Waals surface area contributed by atoms with Crippen LogP contribution in [0.3, 0.4) is 0 Å². The quantitative estimate of drug-likeness (QED) is 0.871. The maximum absolute atomic E-state index is 11.1. The summed E-state index contributed by atoms with van der Waals surface area (Å²) in [6.07, 6.45) is 0. The number of rotatable bonds is 2. The Morgan fingerprint density at radius 2 is 2.12 bits per heavy atom. The molecular weight excluding hydrogens is 226 g/mol. The lowest BCUT2D eigenvalue weighted by Gasteiger charge is -2.06. The third-order valence-electron chi connectivity index (χ3n) is 2.68. The predicted octanol–water partition coefficient (Wildman–Crippen LogP) is 3.32. The summed E-state index contributed by atoms with van der Waals surface area (Å²) in [6.45, 7) is 4.50. The van der Waals surface area contributed by atoms with Gasteiger partial charge < -0.3 is 9.67 Å². The Morgan fingerprint density at radius 1 is 1.44 bits per heavy atom. The molecule has 84 valence electrons. The van der Waals surface area contributed by atoms with E-state index >= 15 is 0 Å². The van der Waals surface area contributed by atoms with Gasteiger partial charge in [0.25, 0.3) is 0 Å². The predicted molar refractivity (Wildman–Crippen MR) is 64.3 cm³/mol. The lowest BCUT2D eigenvalue weighted by Crippen LogP contribution is -2.07. The lowest BCUT2D eigenvalue weighted by atomic mass is 10.1. The van der Waals surface area contributed by atoms with E-state index in [1.54, 1.807) is 16.7 Å². The van der Waals surface area contributed by atoms with Gasteiger partial charge in [0.15, 0.2) is 0 Å². The van der Waals surface area contributed by atoms with Crippen molar-refractivity contribution < 1.29 is 9.90 Å². The van der Waals surface area contributed by atoms with Crippen LogP contribution in [0, 0.1) is 6.92 Å². The van der Waals surface area contributed by atoms with Crippen LogP contribution in [0.1, 0.15) is 23.0 Å². The van der Waals surface area contributed by atoms with Gasteiger partial charge in [-0.05, 0) is 37.6 Å². The molecule has 0 saturated carbocycles. The number of hydrogen-bond acceptors (Lipinski definition) is 1. The Balaban J connectivity index is 2.87. The molecule has 0 unspecified atom stereocenters. The highest BCUT2D eigenvalue weighted by molar-refractivity contribution is 6.31. The van der Waals surface area contributed by atoms with E-state index in [1.807, 2.05) is 19.9 Å². The van der Waals surface area contributed by atoms with Gasteiger partial charge in [0, 0.05) is 17.0 Å². The van der Waals surface area contributed by atoms with Crippen LogP contribution in [0.2, 0.25) is 5.02 Å². The van der Waals surface area contributed by atoms with Crippen LogP contribution in [0.25, 0.3) is 10.9 Å². The molecule has 0 spiro atoms. The first-order chi connectivity index (χ1) is 7.54. The van der Waals surface area contributed by atoms with Crippen molar-refractivity contribution in [2.24, 2.45) is 0 Å². The molecule has 3 nitrogen and oxygen atoms in total. The molecule has 0 aliphatic carbocycles. The van der Waals surface area contributed by atoms with E-state index in [9.17, 15) is 4.79 Å². The molecule has 0 fully saturated rings. The van der Waals surface area contributed by atoms with Crippen LogP contribution in [0.15, 0.2) is 18.2 Å². The van der Waals surface area contributed by atoms with Gasteiger partial charge in [-0.2, -0.15) is 0 Å². The molecule has 0 bridgehead atoms. The van der Waals surface area contributed by atoms with Crippen LogP contribution in [-0.4, -0.2) is 15.6 Å². The van der Waals surface area contributed by atoms with Crippen molar-refractivity contribution in [3.05, 3.63) is 34.5 Å². The number of carbonyl (C=O) groups is 1. The Kier molecular flexibility index (Phi) is 2.64. The highest BCUT2D eigenvalue weighted by Crippen LogP contribution is 2.27. The van der Waals surface area contributed by atoms with Gasteiger partial charge >= 0.3 is 5.97 Å². The lowest BCUT2D eigenvalue weighted by molar-refractivity contribution is 0.0686. The molecule has 1 aromatic carbocycles. The summed E-state index contributed by atoms with van der Waals surface area (Å²) in [5.41, 5.74) is 2.25. The van der Waals surface area contributed by atoms with E-state index in [2.05, 4.69) is 0 Å². The first-order valence-corrected chi connectivity index (χ1v) is 5.45. The van der Waals surface area contributed by atoms with Gasteiger partial charge in [-0.25, -0.2) is 4.79 Å². The highest BCUT2D eigenvalue weighted by atomic mass is 35.5. The van der Waals surface area contributed by atoms with E-state index in [4.69, 9.17) is 16.7 Å². The maximum Gasteiger partial charge on any atom is 0.352 e. The molecule has 1 aromatic heterocycles. The second-order valence-electron chi connectivity index (χ2n) is 3.74. The minimum Gasteiger partial charge on any atom is -0.477 e. The van der Waals surface area contributed by atoms with E-state index in [1.165, 1.54) is 0 Å². The van der Waals surface area contributed by atoms with Gasteiger partial charge in [0.2, 0.25) is 0 Å². The molecule has 0 atom stereocenters. The Hall–Kier alpha value is -1.48. The largest absolute Gasteiger partial charge is 0.477 e. The summed E-state index contributed by atoms with van der Waals surface area (Å²) < 4.78 is 1.79. The number of aromatic nitrogens is 1. The zero-order valence-electron chi connectivity index (χ0n) is 9.12. The molecule has 4 heteroatoms. The van der Waals surface area contributed by atoms with Gasteiger partial charge in [-0.1, -0.05) is 11.6 Å². The topological polar surface area (TPSA) is 42.2 Å². The second kappa shape index (κ2) is 3.83. The smallest absolute Gasteiger partial charge is 0.352 e. The van der Waals surface area contributed by atoms with Gasteiger partial charge in [0.05, 0.1) is 5.52 Å². The average molecular weight is 238 g/mol. The minimum atomic E-state index is -0.909. The Labute approximate surface area is 98.3 Å². The minimum absolute atomic E-state index is 0.308. The fourth-order valence-corrected chi connectivity index (χ4v) is 2.37. The van der Waals surface area contributed by atoms with Gasteiger partial charge in [-0.3, -0.25) is 0 Å². The number of nitrogens with zero attached hydrogens (tertiary/aromatic N) is 1. The van der Waals surface area contributed by atoms with Gasteiger partial charge in [0.1, 0.15) is 5.69 Å². The number of hydrogen-bond donors (Lipinski definition) is 1. The van der Waals surface area contributed by atoms with Crippen LogP contribution >= 0.6 is 11.6 Å². The number of halogens is 1. The summed E-state index contributed by atoms with van der Waals surface area (Å²) in [4.78, 5) is 11.1. The Morgan fingerprint density at radius 3 is 2.69 bits per heavy atom. The van der Waals surface area contributed by atoms with Crippen molar-refractivity contribution in [3.63, 3.8) is 0 Å². The van der Waals surface area contributed by atoms with Crippen molar-refractivity contribution in [3.8, 4) is 0 Å². The fourth-order valence-electron chi connectivity index (χ4n) is 2.09. The molecule has 0 saturated heterocycles. The molecule has 0 radical (unpaired) electrons.